The Labute approximate surface area is 85.9 Å². The summed E-state index contributed by atoms with van der Waals surface area (Å²) in [6.45, 7) is 6.89. The molecule has 0 saturated heterocycles. The number of rotatable bonds is 3. The Balaban J connectivity index is 4.89. The zero-order valence-electron chi connectivity index (χ0n) is 9.99. The molecule has 1 unspecified atom stereocenters. The standard InChI is InChI=1S/C9H23GeNOSi/c1-10(2,3)8(9(12)11-4)13(5,6)7/h8H,1-7H3,(H,11,12). The fourth-order valence-electron chi connectivity index (χ4n) is 2.23. The molecule has 1 atom stereocenters. The summed E-state index contributed by atoms with van der Waals surface area (Å²) in [6.07, 6.45) is 0. The fourth-order valence-corrected chi connectivity index (χ4v) is 24.1. The van der Waals surface area contributed by atoms with Gasteiger partial charge in [-0.05, 0) is 0 Å². The van der Waals surface area contributed by atoms with Crippen molar-refractivity contribution in [3.05, 3.63) is 0 Å². The zero-order chi connectivity index (χ0) is 10.9. The third-order valence-corrected chi connectivity index (χ3v) is 18.4. The molecule has 0 rings (SSSR count). The molecule has 0 aliphatic heterocycles. The van der Waals surface area contributed by atoms with E-state index in [9.17, 15) is 4.79 Å². The van der Waals surface area contributed by atoms with Crippen LogP contribution in [0.5, 0.6) is 0 Å². The van der Waals surface area contributed by atoms with Crippen LogP contribution in [0, 0.1) is 0 Å². The van der Waals surface area contributed by atoms with E-state index in [0.717, 1.165) is 0 Å². The number of carbonyl (C=O) groups is 1. The molecule has 0 aliphatic carbocycles. The molecule has 13 heavy (non-hydrogen) atoms. The Morgan fingerprint density at radius 3 is 1.69 bits per heavy atom. The molecule has 0 saturated carbocycles. The molecule has 0 aliphatic rings. The van der Waals surface area contributed by atoms with Gasteiger partial charge in [-0.25, -0.2) is 0 Å². The van der Waals surface area contributed by atoms with Crippen LogP contribution >= 0.6 is 0 Å². The van der Waals surface area contributed by atoms with Gasteiger partial charge in [0.15, 0.2) is 0 Å². The summed E-state index contributed by atoms with van der Waals surface area (Å²) in [5.41, 5.74) is 0. The summed E-state index contributed by atoms with van der Waals surface area (Å²) in [4.78, 5) is 11.8. The molecule has 78 valence electrons. The number of amides is 1. The normalized spacial score (nSPS) is 15.3. The molecular formula is C9H23GeNOSi. The van der Waals surface area contributed by atoms with Crippen molar-refractivity contribution in [1.82, 2.24) is 5.32 Å². The first kappa shape index (κ1) is 13.2. The molecule has 1 N–H and O–H groups in total. The van der Waals surface area contributed by atoms with Crippen LogP contribution in [0.15, 0.2) is 0 Å². The fraction of sp³-hybridized carbons (Fsp3) is 0.889. The average Bonchev–Trinajstić information content (AvgIpc) is 1.80. The summed E-state index contributed by atoms with van der Waals surface area (Å²) >= 11 is -1.86. The van der Waals surface area contributed by atoms with Crippen molar-refractivity contribution in [3.63, 3.8) is 0 Å². The maximum atomic E-state index is 11.8. The van der Waals surface area contributed by atoms with Crippen LogP contribution in [0.4, 0.5) is 0 Å². The van der Waals surface area contributed by atoms with Gasteiger partial charge < -0.3 is 0 Å². The molecule has 4 heteroatoms. The molecule has 0 aromatic heterocycles. The molecule has 0 bridgehead atoms. The van der Waals surface area contributed by atoms with Crippen molar-refractivity contribution < 1.29 is 4.79 Å². The molecule has 0 aromatic rings. The van der Waals surface area contributed by atoms with E-state index in [1.54, 1.807) is 7.05 Å². The molecule has 0 heterocycles. The van der Waals surface area contributed by atoms with E-state index in [2.05, 4.69) is 42.2 Å². The summed E-state index contributed by atoms with van der Waals surface area (Å²) in [5.74, 6) is 7.28. The summed E-state index contributed by atoms with van der Waals surface area (Å²) in [7, 11) is 0.419. The summed E-state index contributed by atoms with van der Waals surface area (Å²) in [5, 5.41) is 2.82. The van der Waals surface area contributed by atoms with Crippen LogP contribution in [-0.4, -0.2) is 34.3 Å². The SMILES string of the molecule is CNC(=O)[CH]([Si](C)(C)C)[Ge]([CH3])([CH3])[CH3]. The first-order chi connectivity index (χ1) is 5.60. The van der Waals surface area contributed by atoms with Crippen LogP contribution in [-0.2, 0) is 4.79 Å². The Kier molecular flexibility index (Phi) is 4.24. The molecule has 1 amide bonds. The van der Waals surface area contributed by atoms with Crippen LogP contribution < -0.4 is 5.32 Å². The molecular weight excluding hydrogens is 239 g/mol. The summed E-state index contributed by atoms with van der Waals surface area (Å²) < 4.78 is 0.373. The van der Waals surface area contributed by atoms with Gasteiger partial charge in [0.25, 0.3) is 0 Å². The number of hydrogen-bond donors (Lipinski definition) is 1. The van der Waals surface area contributed by atoms with E-state index in [0.29, 0.717) is 4.37 Å². The van der Waals surface area contributed by atoms with Gasteiger partial charge in [-0.2, -0.15) is 0 Å². The van der Waals surface area contributed by atoms with Gasteiger partial charge >= 0.3 is 85.7 Å². The third-order valence-electron chi connectivity index (χ3n) is 2.24. The van der Waals surface area contributed by atoms with Crippen LogP contribution in [0.1, 0.15) is 0 Å². The Morgan fingerprint density at radius 1 is 1.23 bits per heavy atom. The van der Waals surface area contributed by atoms with Crippen molar-refractivity contribution in [1.29, 1.82) is 0 Å². The zero-order valence-corrected chi connectivity index (χ0v) is 13.1. The van der Waals surface area contributed by atoms with E-state index in [-0.39, 0.29) is 5.91 Å². The second-order valence-electron chi connectivity index (χ2n) is 5.78. The van der Waals surface area contributed by atoms with Crippen molar-refractivity contribution in [3.8, 4) is 0 Å². The number of hydrogen-bond acceptors (Lipinski definition) is 1. The minimum atomic E-state index is -1.86. The van der Waals surface area contributed by atoms with Gasteiger partial charge in [0.1, 0.15) is 0 Å². The third kappa shape index (κ3) is 3.85. The number of nitrogens with one attached hydrogen (secondary N) is 1. The van der Waals surface area contributed by atoms with Crippen molar-refractivity contribution in [2.75, 3.05) is 7.05 Å². The van der Waals surface area contributed by atoms with Gasteiger partial charge in [0, 0.05) is 0 Å². The molecule has 0 spiro atoms. The van der Waals surface area contributed by atoms with Crippen molar-refractivity contribution >= 4 is 27.2 Å². The van der Waals surface area contributed by atoms with E-state index in [1.807, 2.05) is 0 Å². The molecule has 0 fully saturated rings. The molecule has 2 nitrogen and oxygen atoms in total. The first-order valence-electron chi connectivity index (χ1n) is 4.82. The van der Waals surface area contributed by atoms with Gasteiger partial charge in [-0.15, -0.1) is 0 Å². The van der Waals surface area contributed by atoms with Crippen molar-refractivity contribution in [2.24, 2.45) is 0 Å². The molecule has 0 aromatic carbocycles. The average molecular weight is 262 g/mol. The monoisotopic (exact) mass is 263 g/mol. The van der Waals surface area contributed by atoms with Gasteiger partial charge in [0.2, 0.25) is 0 Å². The van der Waals surface area contributed by atoms with E-state index >= 15 is 0 Å². The minimum absolute atomic E-state index is 0.284. The quantitative estimate of drug-likeness (QED) is 0.777. The topological polar surface area (TPSA) is 29.1 Å². The Bertz CT molecular complexity index is 179. The molecule has 0 radical (unpaired) electrons. The van der Waals surface area contributed by atoms with Crippen LogP contribution in [0.2, 0.25) is 41.3 Å². The van der Waals surface area contributed by atoms with E-state index in [4.69, 9.17) is 0 Å². The van der Waals surface area contributed by atoms with Gasteiger partial charge in [-0.1, -0.05) is 0 Å². The van der Waals surface area contributed by atoms with Gasteiger partial charge in [-0.3, -0.25) is 0 Å². The van der Waals surface area contributed by atoms with E-state index in [1.165, 1.54) is 0 Å². The predicted molar refractivity (Wildman–Crippen MR) is 64.5 cm³/mol. The predicted octanol–water partition coefficient (Wildman–Crippen LogP) is 2.32. The van der Waals surface area contributed by atoms with Crippen LogP contribution in [0.25, 0.3) is 0 Å². The summed E-state index contributed by atoms with van der Waals surface area (Å²) in [6, 6.07) is 0. The Morgan fingerprint density at radius 2 is 1.62 bits per heavy atom. The van der Waals surface area contributed by atoms with Crippen LogP contribution in [0.3, 0.4) is 0 Å². The first-order valence-corrected chi connectivity index (χ1v) is 15.9. The second-order valence-corrected chi connectivity index (χ2v) is 23.4. The second kappa shape index (κ2) is 4.17. The number of carbonyl (C=O) groups excluding carboxylic acids is 1. The van der Waals surface area contributed by atoms with E-state index < -0.39 is 21.3 Å². The van der Waals surface area contributed by atoms with Gasteiger partial charge in [0.05, 0.1) is 0 Å². The van der Waals surface area contributed by atoms with Crippen molar-refractivity contribution in [2.45, 2.75) is 41.3 Å². The Hall–Kier alpha value is 0.230. The maximum absolute atomic E-state index is 11.8.